The predicted molar refractivity (Wildman–Crippen MR) is 97.4 cm³/mol. The van der Waals surface area contributed by atoms with Crippen molar-refractivity contribution in [2.24, 2.45) is 0 Å². The van der Waals surface area contributed by atoms with Crippen molar-refractivity contribution in [2.75, 3.05) is 24.5 Å². The van der Waals surface area contributed by atoms with Gasteiger partial charge in [-0.05, 0) is 44.9 Å². The average Bonchev–Trinajstić information content (AvgIpc) is 2.57. The van der Waals surface area contributed by atoms with E-state index in [1.54, 1.807) is 0 Å². The summed E-state index contributed by atoms with van der Waals surface area (Å²) >= 11 is 0. The van der Waals surface area contributed by atoms with Crippen LogP contribution in [0.1, 0.15) is 36.5 Å². The van der Waals surface area contributed by atoms with Crippen LogP contribution in [0.5, 0.6) is 0 Å². The molecule has 24 heavy (non-hydrogen) atoms. The Hall–Kier alpha value is -2.14. The Morgan fingerprint density at radius 2 is 1.92 bits per heavy atom. The van der Waals surface area contributed by atoms with Gasteiger partial charge >= 0.3 is 0 Å². The highest BCUT2D eigenvalue weighted by molar-refractivity contribution is 5.47. The third-order valence-corrected chi connectivity index (χ3v) is 4.74. The van der Waals surface area contributed by atoms with Gasteiger partial charge in [0.05, 0.1) is 5.69 Å². The molecule has 1 aromatic heterocycles. The van der Waals surface area contributed by atoms with E-state index in [0.717, 1.165) is 50.4 Å². The van der Waals surface area contributed by atoms with Crippen LogP contribution in [0.4, 0.5) is 5.69 Å². The first-order valence-corrected chi connectivity index (χ1v) is 8.75. The van der Waals surface area contributed by atoms with Crippen LogP contribution in [-0.4, -0.2) is 34.5 Å². The van der Waals surface area contributed by atoms with Crippen LogP contribution in [0.15, 0.2) is 29.1 Å². The lowest BCUT2D eigenvalue weighted by Gasteiger charge is -2.28. The third kappa shape index (κ3) is 3.51. The van der Waals surface area contributed by atoms with E-state index in [1.807, 2.05) is 6.92 Å². The highest BCUT2D eigenvalue weighted by Crippen LogP contribution is 2.19. The van der Waals surface area contributed by atoms with Gasteiger partial charge in [-0.25, -0.2) is 4.98 Å². The molecule has 128 valence electrons. The Morgan fingerprint density at radius 3 is 2.58 bits per heavy atom. The van der Waals surface area contributed by atoms with Crippen LogP contribution < -0.4 is 10.5 Å². The first kappa shape index (κ1) is 16.7. The summed E-state index contributed by atoms with van der Waals surface area (Å²) in [4.78, 5) is 24.0. The number of anilines is 1. The minimum atomic E-state index is 0.0284. The van der Waals surface area contributed by atoms with E-state index in [9.17, 15) is 4.79 Å². The predicted octanol–water partition coefficient (Wildman–Crippen LogP) is 2.48. The molecule has 0 spiro atoms. The molecule has 1 aliphatic heterocycles. The van der Waals surface area contributed by atoms with Crippen LogP contribution in [0.25, 0.3) is 0 Å². The third-order valence-electron chi connectivity index (χ3n) is 4.74. The number of fused-ring (bicyclic) bond motifs is 1. The van der Waals surface area contributed by atoms with Gasteiger partial charge in [0.1, 0.15) is 5.82 Å². The molecule has 0 saturated heterocycles. The topological polar surface area (TPSA) is 52.2 Å². The number of hydrogen-bond donors (Lipinski definition) is 1. The van der Waals surface area contributed by atoms with E-state index in [2.05, 4.69) is 57.9 Å². The molecule has 5 heteroatoms. The van der Waals surface area contributed by atoms with Crippen LogP contribution in [0.3, 0.4) is 0 Å². The highest BCUT2D eigenvalue weighted by atomic mass is 16.1. The lowest BCUT2D eigenvalue weighted by atomic mass is 10.1. The smallest absolute Gasteiger partial charge is 0.254 e. The fraction of sp³-hybridized carbons (Fsp3) is 0.474. The molecule has 0 amide bonds. The quantitative estimate of drug-likeness (QED) is 0.917. The lowest BCUT2D eigenvalue weighted by molar-refractivity contribution is 0.240. The van der Waals surface area contributed by atoms with Gasteiger partial charge in [0, 0.05) is 44.0 Å². The molecule has 2 heterocycles. The molecule has 1 aromatic carbocycles. The van der Waals surface area contributed by atoms with Crippen molar-refractivity contribution >= 4 is 5.69 Å². The van der Waals surface area contributed by atoms with Crippen LogP contribution in [0.2, 0.25) is 0 Å². The highest BCUT2D eigenvalue weighted by Gasteiger charge is 2.20. The van der Waals surface area contributed by atoms with Crippen molar-refractivity contribution in [3.63, 3.8) is 0 Å². The monoisotopic (exact) mass is 326 g/mol. The van der Waals surface area contributed by atoms with Gasteiger partial charge in [0.25, 0.3) is 5.56 Å². The molecule has 3 rings (SSSR count). The molecular formula is C19H26N4O. The van der Waals surface area contributed by atoms with E-state index in [-0.39, 0.29) is 5.56 Å². The number of rotatable bonds is 5. The van der Waals surface area contributed by atoms with Gasteiger partial charge in [0.2, 0.25) is 0 Å². The fourth-order valence-electron chi connectivity index (χ4n) is 3.41. The summed E-state index contributed by atoms with van der Waals surface area (Å²) in [5.74, 6) is 0.698. The number of benzene rings is 1. The Kier molecular flexibility index (Phi) is 5.00. The van der Waals surface area contributed by atoms with Gasteiger partial charge in [-0.15, -0.1) is 0 Å². The van der Waals surface area contributed by atoms with Crippen LogP contribution >= 0.6 is 0 Å². The molecule has 0 saturated carbocycles. The van der Waals surface area contributed by atoms with Crippen molar-refractivity contribution < 1.29 is 0 Å². The van der Waals surface area contributed by atoms with Crippen molar-refractivity contribution in [3.05, 3.63) is 57.3 Å². The van der Waals surface area contributed by atoms with Crippen LogP contribution in [0, 0.1) is 6.92 Å². The zero-order valence-corrected chi connectivity index (χ0v) is 14.8. The molecule has 1 aliphatic rings. The Morgan fingerprint density at radius 1 is 1.21 bits per heavy atom. The molecular weight excluding hydrogens is 300 g/mol. The number of aromatic nitrogens is 2. The van der Waals surface area contributed by atoms with Gasteiger partial charge in [-0.3, -0.25) is 9.69 Å². The van der Waals surface area contributed by atoms with Crippen molar-refractivity contribution in [3.8, 4) is 0 Å². The maximum Gasteiger partial charge on any atom is 0.254 e. The number of hydrogen-bond acceptors (Lipinski definition) is 4. The summed E-state index contributed by atoms with van der Waals surface area (Å²) in [6.45, 7) is 10.8. The van der Waals surface area contributed by atoms with Gasteiger partial charge in [-0.1, -0.05) is 12.1 Å². The fourth-order valence-corrected chi connectivity index (χ4v) is 3.41. The molecule has 0 bridgehead atoms. The van der Waals surface area contributed by atoms with E-state index in [4.69, 9.17) is 0 Å². The molecule has 5 nitrogen and oxygen atoms in total. The van der Waals surface area contributed by atoms with Crippen molar-refractivity contribution in [2.45, 2.75) is 40.3 Å². The zero-order chi connectivity index (χ0) is 17.1. The second kappa shape index (κ2) is 7.18. The number of aryl methyl sites for hydroxylation is 1. The SMILES string of the molecule is CCN(CC)c1ccc(CN2CCc3c(nc(C)[nH]c3=O)C2)cc1. The summed E-state index contributed by atoms with van der Waals surface area (Å²) in [6.07, 6.45) is 0.773. The standard InChI is InChI=1S/C19H26N4O/c1-4-23(5-2)16-8-6-15(7-9-16)12-22-11-10-17-18(13-22)20-14(3)21-19(17)24/h6-9H,4-5,10-13H2,1-3H3,(H,20,21,24). The average molecular weight is 326 g/mol. The van der Waals surface area contributed by atoms with Crippen LogP contribution in [-0.2, 0) is 19.5 Å². The maximum absolute atomic E-state index is 12.0. The Bertz CT molecular complexity index is 747. The van der Waals surface area contributed by atoms with E-state index in [0.29, 0.717) is 5.82 Å². The second-order valence-electron chi connectivity index (χ2n) is 6.38. The number of aromatic amines is 1. The van der Waals surface area contributed by atoms with Gasteiger partial charge in [0.15, 0.2) is 0 Å². The molecule has 0 unspecified atom stereocenters. The first-order valence-electron chi connectivity index (χ1n) is 8.75. The number of nitrogens with one attached hydrogen (secondary N) is 1. The Balaban J connectivity index is 1.70. The maximum atomic E-state index is 12.0. The largest absolute Gasteiger partial charge is 0.372 e. The first-order chi connectivity index (χ1) is 11.6. The molecule has 0 atom stereocenters. The second-order valence-corrected chi connectivity index (χ2v) is 6.38. The van der Waals surface area contributed by atoms with E-state index >= 15 is 0 Å². The molecule has 2 aromatic rings. The van der Waals surface area contributed by atoms with E-state index in [1.165, 1.54) is 11.3 Å². The van der Waals surface area contributed by atoms with Gasteiger partial charge in [-0.2, -0.15) is 0 Å². The normalized spacial score (nSPS) is 14.5. The lowest BCUT2D eigenvalue weighted by Crippen LogP contribution is -2.35. The van der Waals surface area contributed by atoms with E-state index < -0.39 is 0 Å². The van der Waals surface area contributed by atoms with Gasteiger partial charge < -0.3 is 9.88 Å². The Labute approximate surface area is 143 Å². The summed E-state index contributed by atoms with van der Waals surface area (Å²) < 4.78 is 0. The zero-order valence-electron chi connectivity index (χ0n) is 14.8. The summed E-state index contributed by atoms with van der Waals surface area (Å²) in [6, 6.07) is 8.82. The number of nitrogens with zero attached hydrogens (tertiary/aromatic N) is 3. The summed E-state index contributed by atoms with van der Waals surface area (Å²) in [7, 11) is 0. The molecule has 0 aliphatic carbocycles. The minimum absolute atomic E-state index is 0.0284. The molecule has 1 N–H and O–H groups in total. The van der Waals surface area contributed by atoms with Crippen molar-refractivity contribution in [1.29, 1.82) is 0 Å². The van der Waals surface area contributed by atoms with Crippen molar-refractivity contribution in [1.82, 2.24) is 14.9 Å². The molecule has 0 fully saturated rings. The summed E-state index contributed by atoms with van der Waals surface area (Å²) in [5.41, 5.74) is 4.39. The minimum Gasteiger partial charge on any atom is -0.372 e. The number of H-pyrrole nitrogens is 1. The molecule has 0 radical (unpaired) electrons. The summed E-state index contributed by atoms with van der Waals surface area (Å²) in [5, 5.41) is 0.